The third-order valence-corrected chi connectivity index (χ3v) is 7.38. The Morgan fingerprint density at radius 3 is 2.18 bits per heavy atom. The molecule has 34 heavy (non-hydrogen) atoms. The summed E-state index contributed by atoms with van der Waals surface area (Å²) in [7, 11) is 0. The smallest absolute Gasteiger partial charge is 0.370 e. The first-order valence-electron chi connectivity index (χ1n) is 10.4. The molecule has 1 aliphatic heterocycles. The van der Waals surface area contributed by atoms with E-state index in [0.29, 0.717) is 0 Å². The zero-order chi connectivity index (χ0) is 25.5. The second-order valence-corrected chi connectivity index (χ2v) is 9.43. The Balaban J connectivity index is 1.99. The van der Waals surface area contributed by atoms with Gasteiger partial charge in [0.1, 0.15) is 11.2 Å². The molecule has 0 saturated carbocycles. The Kier molecular flexibility index (Phi) is 7.76. The largest absolute Gasteiger partial charge is 0.416 e. The fourth-order valence-corrected chi connectivity index (χ4v) is 4.78. The summed E-state index contributed by atoms with van der Waals surface area (Å²) in [5.74, 6) is -0.174. The van der Waals surface area contributed by atoms with Crippen LogP contribution in [-0.2, 0) is 22.8 Å². The van der Waals surface area contributed by atoms with Crippen LogP contribution in [-0.4, -0.2) is 25.0 Å². The van der Waals surface area contributed by atoms with Crippen LogP contribution in [0.1, 0.15) is 42.9 Å². The van der Waals surface area contributed by atoms with Gasteiger partial charge in [-0.2, -0.15) is 26.3 Å². The number of aryl methyl sites for hydroxylation is 1. The van der Waals surface area contributed by atoms with Gasteiger partial charge in [-0.3, -0.25) is 4.79 Å². The van der Waals surface area contributed by atoms with Crippen LogP contribution in [0.15, 0.2) is 30.3 Å². The van der Waals surface area contributed by atoms with E-state index in [1.54, 1.807) is 6.92 Å². The first-order chi connectivity index (χ1) is 15.7. The molecule has 186 valence electrons. The van der Waals surface area contributed by atoms with Crippen molar-refractivity contribution in [2.45, 2.75) is 50.4 Å². The first kappa shape index (κ1) is 27.0. The highest BCUT2D eigenvalue weighted by atomic mass is 35.5. The van der Waals surface area contributed by atoms with Crippen LogP contribution in [0.4, 0.5) is 32.0 Å². The van der Waals surface area contributed by atoms with Crippen molar-refractivity contribution in [3.05, 3.63) is 62.1 Å². The molecule has 0 aliphatic carbocycles. The number of hydrogen-bond acceptors (Lipinski definition) is 2. The molecule has 2 aromatic carbocycles. The first-order valence-corrected chi connectivity index (χ1v) is 11.5. The molecule has 0 N–H and O–H groups in total. The minimum Gasteiger partial charge on any atom is -0.370 e. The van der Waals surface area contributed by atoms with E-state index >= 15 is 0 Å². The molecule has 1 heterocycles. The van der Waals surface area contributed by atoms with E-state index in [1.807, 2.05) is 0 Å². The van der Waals surface area contributed by atoms with Crippen LogP contribution < -0.4 is 4.90 Å². The lowest BCUT2D eigenvalue weighted by atomic mass is 9.79. The van der Waals surface area contributed by atoms with Gasteiger partial charge in [-0.05, 0) is 48.2 Å². The number of benzene rings is 2. The number of Topliss-reactive ketones (excluding diaryl/α,β-unsaturated/α-hetero) is 1. The molecule has 1 unspecified atom stereocenters. The number of rotatable bonds is 6. The molecule has 0 bridgehead atoms. The van der Waals surface area contributed by atoms with Gasteiger partial charge in [0.25, 0.3) is 0 Å². The van der Waals surface area contributed by atoms with Crippen LogP contribution in [0.3, 0.4) is 0 Å². The normalized spacial score (nSPS) is 19.1. The quantitative estimate of drug-likeness (QED) is 0.268. The summed E-state index contributed by atoms with van der Waals surface area (Å²) in [6.45, 7) is 0.871. The summed E-state index contributed by atoms with van der Waals surface area (Å²) in [4.78, 5) is 12.8. The number of hydrogen-bond donors (Lipinski definition) is 0. The zero-order valence-corrected chi connectivity index (χ0v) is 20.2. The third kappa shape index (κ3) is 5.29. The van der Waals surface area contributed by atoms with Crippen molar-refractivity contribution in [2.75, 3.05) is 18.0 Å². The molecule has 0 amide bonds. The van der Waals surface area contributed by atoms with Crippen molar-refractivity contribution >= 4 is 46.3 Å². The molecule has 0 spiro atoms. The third-order valence-electron chi connectivity index (χ3n) is 6.18. The average molecular weight is 547 g/mol. The summed E-state index contributed by atoms with van der Waals surface area (Å²) < 4.78 is 84.2. The molecule has 1 aliphatic rings. The molecule has 1 saturated heterocycles. The van der Waals surface area contributed by atoms with E-state index in [9.17, 15) is 31.1 Å². The number of halogens is 9. The van der Waals surface area contributed by atoms with Crippen LogP contribution in [0.25, 0.3) is 0 Å². The lowest BCUT2D eigenvalue weighted by Crippen LogP contribution is -2.45. The predicted molar refractivity (Wildman–Crippen MR) is 121 cm³/mol. The molecular weight excluding hydrogens is 527 g/mol. The van der Waals surface area contributed by atoms with E-state index in [4.69, 9.17) is 34.8 Å². The minimum atomic E-state index is -4.73. The Hall–Kier alpha value is -1.64. The number of carbonyl (C=O) groups excluding carboxylic acids is 1. The van der Waals surface area contributed by atoms with Gasteiger partial charge in [0.05, 0.1) is 20.6 Å². The summed E-state index contributed by atoms with van der Waals surface area (Å²) >= 11 is 17.8. The predicted octanol–water partition coefficient (Wildman–Crippen LogP) is 8.29. The molecular formula is C23H20Cl3F6NO. The SMILES string of the molecule is CCC(=O)CCc1ccc(N2CCC(c3cc(Cl)c(Cl)c(Cl)c3)(C(F)(F)F)C2)cc1C(F)(F)F. The van der Waals surface area contributed by atoms with E-state index in [2.05, 4.69) is 0 Å². The number of nitrogens with zero attached hydrogens (tertiary/aromatic N) is 1. The zero-order valence-electron chi connectivity index (χ0n) is 17.9. The van der Waals surface area contributed by atoms with Crippen molar-refractivity contribution in [2.24, 2.45) is 0 Å². The molecule has 0 radical (unpaired) electrons. The fraction of sp³-hybridized carbons (Fsp3) is 0.435. The summed E-state index contributed by atoms with van der Waals surface area (Å²) in [5, 5.41) is -0.362. The topological polar surface area (TPSA) is 20.3 Å². The lowest BCUT2D eigenvalue weighted by molar-refractivity contribution is -0.184. The van der Waals surface area contributed by atoms with Gasteiger partial charge in [-0.1, -0.05) is 47.8 Å². The van der Waals surface area contributed by atoms with Crippen molar-refractivity contribution in [1.82, 2.24) is 0 Å². The molecule has 2 aromatic rings. The monoisotopic (exact) mass is 545 g/mol. The van der Waals surface area contributed by atoms with E-state index < -0.39 is 36.3 Å². The van der Waals surface area contributed by atoms with Gasteiger partial charge in [-0.25, -0.2) is 0 Å². The highest BCUT2D eigenvalue weighted by molar-refractivity contribution is 6.48. The van der Waals surface area contributed by atoms with Crippen LogP contribution >= 0.6 is 34.8 Å². The van der Waals surface area contributed by atoms with Gasteiger partial charge >= 0.3 is 12.4 Å². The Morgan fingerprint density at radius 1 is 1.03 bits per heavy atom. The van der Waals surface area contributed by atoms with Gasteiger partial charge in [-0.15, -0.1) is 0 Å². The van der Waals surface area contributed by atoms with E-state index in [0.717, 1.165) is 18.2 Å². The van der Waals surface area contributed by atoms with Crippen LogP contribution in [0, 0.1) is 0 Å². The standard InChI is InChI=1S/C23H20Cl3F6NO/c1-2-16(34)6-4-13-3-5-15(11-17(13)22(27,28)29)33-8-7-21(12-33,23(30,31)32)14-9-18(24)20(26)19(25)10-14/h3,5,9-11H,2,4,6-8,12H2,1H3. The second-order valence-electron chi connectivity index (χ2n) is 8.24. The molecule has 11 heteroatoms. The van der Waals surface area contributed by atoms with Gasteiger partial charge < -0.3 is 4.90 Å². The Bertz CT molecular complexity index is 1060. The molecule has 2 nitrogen and oxygen atoms in total. The number of alkyl halides is 6. The average Bonchev–Trinajstić information content (AvgIpc) is 3.21. The molecule has 1 fully saturated rings. The highest BCUT2D eigenvalue weighted by Crippen LogP contribution is 2.50. The van der Waals surface area contributed by atoms with Crippen molar-refractivity contribution in [3.63, 3.8) is 0 Å². The van der Waals surface area contributed by atoms with Crippen molar-refractivity contribution in [1.29, 1.82) is 0 Å². The number of anilines is 1. The van der Waals surface area contributed by atoms with Gasteiger partial charge in [0, 0.05) is 31.6 Å². The summed E-state index contributed by atoms with van der Waals surface area (Å²) in [6, 6.07) is 5.63. The Morgan fingerprint density at radius 2 is 1.65 bits per heavy atom. The van der Waals surface area contributed by atoms with E-state index in [-0.39, 0.29) is 63.5 Å². The second kappa shape index (κ2) is 9.78. The summed E-state index contributed by atoms with van der Waals surface area (Å²) in [5.41, 5.74) is -3.62. The van der Waals surface area contributed by atoms with Crippen molar-refractivity contribution < 1.29 is 31.1 Å². The van der Waals surface area contributed by atoms with Crippen LogP contribution in [0.5, 0.6) is 0 Å². The molecule has 1 atom stereocenters. The Labute approximate surface area is 207 Å². The van der Waals surface area contributed by atoms with Gasteiger partial charge in [0.2, 0.25) is 0 Å². The molecule has 3 rings (SSSR count). The van der Waals surface area contributed by atoms with Crippen LogP contribution in [0.2, 0.25) is 15.1 Å². The molecule has 0 aromatic heterocycles. The lowest BCUT2D eigenvalue weighted by Gasteiger charge is -2.33. The summed E-state index contributed by atoms with van der Waals surface area (Å²) in [6.07, 6.45) is -9.79. The van der Waals surface area contributed by atoms with Crippen molar-refractivity contribution in [3.8, 4) is 0 Å². The fourth-order valence-electron chi connectivity index (χ4n) is 4.19. The number of ketones is 1. The maximum Gasteiger partial charge on any atom is 0.416 e. The highest BCUT2D eigenvalue weighted by Gasteiger charge is 2.59. The minimum absolute atomic E-state index is 0.00942. The van der Waals surface area contributed by atoms with Gasteiger partial charge in [0.15, 0.2) is 0 Å². The maximum atomic E-state index is 14.3. The van der Waals surface area contributed by atoms with E-state index in [1.165, 1.54) is 17.0 Å². The maximum absolute atomic E-state index is 14.3. The number of carbonyl (C=O) groups is 1.